The predicted octanol–water partition coefficient (Wildman–Crippen LogP) is 3.84. The van der Waals surface area contributed by atoms with Gasteiger partial charge >= 0.3 is 6.09 Å². The monoisotopic (exact) mass is 305 g/mol. The summed E-state index contributed by atoms with van der Waals surface area (Å²) in [6.45, 7) is 8.07. The SMILES string of the molecule is Cc1cc(CNC(=O)OC(C)(C)C)sc1Br. The highest BCUT2D eigenvalue weighted by Gasteiger charge is 2.15. The molecule has 0 aliphatic carbocycles. The van der Waals surface area contributed by atoms with Gasteiger partial charge in [-0.15, -0.1) is 11.3 Å². The molecule has 1 rings (SSSR count). The summed E-state index contributed by atoms with van der Waals surface area (Å²) in [6.07, 6.45) is -0.380. The lowest BCUT2D eigenvalue weighted by Gasteiger charge is -2.19. The van der Waals surface area contributed by atoms with E-state index in [0.717, 1.165) is 8.66 Å². The number of carbonyl (C=O) groups is 1. The molecule has 1 aromatic heterocycles. The minimum atomic E-state index is -0.448. The van der Waals surface area contributed by atoms with Crippen LogP contribution in [0.15, 0.2) is 9.85 Å². The van der Waals surface area contributed by atoms with Crippen molar-refractivity contribution in [2.45, 2.75) is 39.8 Å². The second-order valence-electron chi connectivity index (χ2n) is 4.52. The average Bonchev–Trinajstić information content (AvgIpc) is 2.40. The summed E-state index contributed by atoms with van der Waals surface area (Å²) in [6, 6.07) is 2.05. The van der Waals surface area contributed by atoms with Gasteiger partial charge in [0.05, 0.1) is 10.3 Å². The molecule has 1 heterocycles. The van der Waals surface area contributed by atoms with Crippen molar-refractivity contribution >= 4 is 33.4 Å². The summed E-state index contributed by atoms with van der Waals surface area (Å²) >= 11 is 5.07. The predicted molar refractivity (Wildman–Crippen MR) is 69.8 cm³/mol. The van der Waals surface area contributed by atoms with Gasteiger partial charge in [0.25, 0.3) is 0 Å². The van der Waals surface area contributed by atoms with Gasteiger partial charge in [-0.3, -0.25) is 0 Å². The molecular formula is C11H16BrNO2S. The summed E-state index contributed by atoms with van der Waals surface area (Å²) in [4.78, 5) is 12.5. The minimum absolute atomic E-state index is 0.380. The van der Waals surface area contributed by atoms with E-state index in [1.807, 2.05) is 33.8 Å². The van der Waals surface area contributed by atoms with Crippen LogP contribution in [0.3, 0.4) is 0 Å². The van der Waals surface area contributed by atoms with Gasteiger partial charge in [0, 0.05) is 4.88 Å². The van der Waals surface area contributed by atoms with Crippen LogP contribution in [0.4, 0.5) is 4.79 Å². The first kappa shape index (κ1) is 13.5. The number of aryl methyl sites for hydroxylation is 1. The van der Waals surface area contributed by atoms with E-state index in [4.69, 9.17) is 4.74 Å². The maximum Gasteiger partial charge on any atom is 0.407 e. The van der Waals surface area contributed by atoms with Gasteiger partial charge in [-0.05, 0) is 55.3 Å². The van der Waals surface area contributed by atoms with E-state index < -0.39 is 5.60 Å². The molecule has 1 amide bonds. The van der Waals surface area contributed by atoms with Crippen molar-refractivity contribution in [2.24, 2.45) is 0 Å². The van der Waals surface area contributed by atoms with E-state index in [0.29, 0.717) is 6.54 Å². The van der Waals surface area contributed by atoms with E-state index >= 15 is 0 Å². The van der Waals surface area contributed by atoms with Crippen molar-refractivity contribution < 1.29 is 9.53 Å². The van der Waals surface area contributed by atoms with E-state index in [-0.39, 0.29) is 6.09 Å². The largest absolute Gasteiger partial charge is 0.444 e. The quantitative estimate of drug-likeness (QED) is 0.901. The zero-order valence-electron chi connectivity index (χ0n) is 9.89. The van der Waals surface area contributed by atoms with E-state index in [1.54, 1.807) is 11.3 Å². The number of nitrogens with one attached hydrogen (secondary N) is 1. The molecule has 0 aromatic carbocycles. The maximum absolute atomic E-state index is 11.4. The third kappa shape index (κ3) is 4.53. The van der Waals surface area contributed by atoms with Crippen LogP contribution in [0.25, 0.3) is 0 Å². The molecule has 0 bridgehead atoms. The van der Waals surface area contributed by atoms with Crippen molar-refractivity contribution in [1.29, 1.82) is 0 Å². The standard InChI is InChI=1S/C11H16BrNO2S/c1-7-5-8(16-9(7)12)6-13-10(14)15-11(2,3)4/h5H,6H2,1-4H3,(H,13,14). The highest BCUT2D eigenvalue weighted by molar-refractivity contribution is 9.11. The molecule has 0 aliphatic rings. The average molecular weight is 306 g/mol. The Morgan fingerprint density at radius 2 is 2.19 bits per heavy atom. The Balaban J connectivity index is 2.43. The molecule has 1 aromatic rings. The number of rotatable bonds is 2. The third-order valence-corrected chi connectivity index (χ3v) is 3.85. The van der Waals surface area contributed by atoms with Crippen molar-refractivity contribution in [3.63, 3.8) is 0 Å². The Hall–Kier alpha value is -0.550. The van der Waals surface area contributed by atoms with Gasteiger partial charge in [0.15, 0.2) is 0 Å². The number of thiophene rings is 1. The summed E-state index contributed by atoms with van der Waals surface area (Å²) in [5, 5.41) is 2.72. The number of hydrogen-bond donors (Lipinski definition) is 1. The van der Waals surface area contributed by atoms with E-state index in [2.05, 4.69) is 21.2 Å². The van der Waals surface area contributed by atoms with E-state index in [1.165, 1.54) is 5.56 Å². The zero-order chi connectivity index (χ0) is 12.3. The summed E-state index contributed by atoms with van der Waals surface area (Å²) in [5.41, 5.74) is 0.738. The van der Waals surface area contributed by atoms with Crippen molar-refractivity contribution in [2.75, 3.05) is 0 Å². The summed E-state index contributed by atoms with van der Waals surface area (Å²) in [7, 11) is 0. The van der Waals surface area contributed by atoms with Crippen LogP contribution < -0.4 is 5.32 Å². The first-order chi connectivity index (χ1) is 7.28. The lowest BCUT2D eigenvalue weighted by Crippen LogP contribution is -2.31. The van der Waals surface area contributed by atoms with Crippen LogP contribution in [0.5, 0.6) is 0 Å². The lowest BCUT2D eigenvalue weighted by molar-refractivity contribution is 0.0524. The molecular weight excluding hydrogens is 290 g/mol. The molecule has 0 saturated carbocycles. The number of carbonyl (C=O) groups excluding carboxylic acids is 1. The molecule has 16 heavy (non-hydrogen) atoms. The number of amides is 1. The Labute approximate surface area is 108 Å². The summed E-state index contributed by atoms with van der Waals surface area (Å²) < 4.78 is 6.24. The van der Waals surface area contributed by atoms with Gasteiger partial charge in [-0.1, -0.05) is 0 Å². The van der Waals surface area contributed by atoms with Crippen molar-refractivity contribution in [3.05, 3.63) is 20.3 Å². The number of hydrogen-bond acceptors (Lipinski definition) is 3. The zero-order valence-corrected chi connectivity index (χ0v) is 12.3. The molecule has 0 atom stereocenters. The van der Waals surface area contributed by atoms with Crippen LogP contribution in [-0.2, 0) is 11.3 Å². The number of halogens is 1. The van der Waals surface area contributed by atoms with Crippen LogP contribution in [-0.4, -0.2) is 11.7 Å². The fourth-order valence-electron chi connectivity index (χ4n) is 1.08. The first-order valence-corrected chi connectivity index (χ1v) is 6.60. The van der Waals surface area contributed by atoms with Gasteiger partial charge in [-0.25, -0.2) is 4.79 Å². The Bertz CT molecular complexity index is 362. The highest BCUT2D eigenvalue weighted by Crippen LogP contribution is 2.27. The fourth-order valence-corrected chi connectivity index (χ4v) is 2.65. The molecule has 1 N–H and O–H groups in total. The van der Waals surface area contributed by atoms with Gasteiger partial charge in [-0.2, -0.15) is 0 Å². The topological polar surface area (TPSA) is 38.3 Å². The van der Waals surface area contributed by atoms with Gasteiger partial charge in [0.2, 0.25) is 0 Å². The Kier molecular flexibility index (Phi) is 4.38. The fraction of sp³-hybridized carbons (Fsp3) is 0.545. The molecule has 0 radical (unpaired) electrons. The van der Waals surface area contributed by atoms with E-state index in [9.17, 15) is 4.79 Å². The molecule has 0 unspecified atom stereocenters. The second-order valence-corrected chi connectivity index (χ2v) is 6.98. The van der Waals surface area contributed by atoms with Crippen LogP contribution in [0.1, 0.15) is 31.2 Å². The van der Waals surface area contributed by atoms with Crippen LogP contribution in [0.2, 0.25) is 0 Å². The lowest BCUT2D eigenvalue weighted by atomic mass is 10.2. The molecule has 0 saturated heterocycles. The molecule has 5 heteroatoms. The maximum atomic E-state index is 11.4. The molecule has 90 valence electrons. The Morgan fingerprint density at radius 3 is 2.62 bits per heavy atom. The minimum Gasteiger partial charge on any atom is -0.444 e. The molecule has 0 fully saturated rings. The second kappa shape index (κ2) is 5.19. The third-order valence-electron chi connectivity index (χ3n) is 1.71. The first-order valence-electron chi connectivity index (χ1n) is 4.99. The van der Waals surface area contributed by atoms with Crippen molar-refractivity contribution in [1.82, 2.24) is 5.32 Å². The van der Waals surface area contributed by atoms with Gasteiger partial charge < -0.3 is 10.1 Å². The molecule has 3 nitrogen and oxygen atoms in total. The molecule has 0 spiro atoms. The smallest absolute Gasteiger partial charge is 0.407 e. The number of ether oxygens (including phenoxy) is 1. The Morgan fingerprint density at radius 1 is 1.56 bits per heavy atom. The van der Waals surface area contributed by atoms with Crippen molar-refractivity contribution in [3.8, 4) is 0 Å². The van der Waals surface area contributed by atoms with Crippen LogP contribution in [0, 0.1) is 6.92 Å². The summed E-state index contributed by atoms with van der Waals surface area (Å²) in [5.74, 6) is 0. The van der Waals surface area contributed by atoms with Crippen LogP contribution >= 0.6 is 27.3 Å². The van der Waals surface area contributed by atoms with Gasteiger partial charge in [0.1, 0.15) is 5.60 Å². The normalized spacial score (nSPS) is 11.3. The molecule has 0 aliphatic heterocycles. The highest BCUT2D eigenvalue weighted by atomic mass is 79.9. The number of alkyl carbamates (subject to hydrolysis) is 1.